The number of hydrogen-bond acceptors (Lipinski definition) is 6. The van der Waals surface area contributed by atoms with Crippen molar-refractivity contribution in [2.24, 2.45) is 0 Å². The maximum Gasteiger partial charge on any atom is 0.282 e. The smallest absolute Gasteiger partial charge is 0.282 e. The Hall–Kier alpha value is -3.19. The third-order valence-corrected chi connectivity index (χ3v) is 4.04. The van der Waals surface area contributed by atoms with E-state index in [1.54, 1.807) is 12.1 Å². The van der Waals surface area contributed by atoms with Crippen molar-refractivity contribution in [3.05, 3.63) is 59.1 Å². The van der Waals surface area contributed by atoms with Crippen molar-refractivity contribution in [1.82, 2.24) is 25.1 Å². The molecule has 0 aliphatic rings. The molecule has 7 nitrogen and oxygen atoms in total. The van der Waals surface area contributed by atoms with Crippen LogP contribution in [0.1, 0.15) is 5.56 Å². The summed E-state index contributed by atoms with van der Waals surface area (Å²) in [6.07, 6.45) is 0. The average Bonchev–Trinajstić information content (AvgIpc) is 3.23. The molecule has 2 aromatic carbocycles. The summed E-state index contributed by atoms with van der Waals surface area (Å²) in [6.45, 7) is 2.01. The fourth-order valence-electron chi connectivity index (χ4n) is 2.38. The summed E-state index contributed by atoms with van der Waals surface area (Å²) in [5.41, 5.74) is 9.09. The van der Waals surface area contributed by atoms with Crippen LogP contribution in [0.4, 0.5) is 5.82 Å². The van der Waals surface area contributed by atoms with Gasteiger partial charge < -0.3 is 10.3 Å². The molecule has 0 atom stereocenters. The first kappa shape index (κ1) is 15.3. The summed E-state index contributed by atoms with van der Waals surface area (Å²) in [5.74, 6) is 0.931. The third-order valence-electron chi connectivity index (χ3n) is 3.72. The van der Waals surface area contributed by atoms with Gasteiger partial charge in [-0.3, -0.25) is 0 Å². The molecular weight excluding hydrogens is 340 g/mol. The molecule has 2 aromatic heterocycles. The number of anilines is 1. The lowest BCUT2D eigenvalue weighted by atomic mass is 10.1. The van der Waals surface area contributed by atoms with Crippen LogP contribution in [0, 0.1) is 6.92 Å². The Balaban J connectivity index is 1.72. The largest absolute Gasteiger partial charge is 0.382 e. The Kier molecular flexibility index (Phi) is 3.70. The minimum absolute atomic E-state index is 0.200. The molecule has 2 heterocycles. The van der Waals surface area contributed by atoms with E-state index in [-0.39, 0.29) is 11.7 Å². The standard InChI is InChI=1S/C17H13ClN6O/c1-10-6-8-11(9-7-10)16-20-17(25-22-16)14-15(19)24(23-21-14)13-5-3-2-4-12(13)18/h2-9H,19H2,1H3. The van der Waals surface area contributed by atoms with Crippen LogP contribution >= 0.6 is 11.6 Å². The number of nitrogen functional groups attached to an aromatic ring is 1. The molecule has 0 fully saturated rings. The van der Waals surface area contributed by atoms with Gasteiger partial charge in [-0.05, 0) is 19.1 Å². The first-order valence-electron chi connectivity index (χ1n) is 7.50. The van der Waals surface area contributed by atoms with Crippen LogP contribution in [0.15, 0.2) is 53.1 Å². The van der Waals surface area contributed by atoms with Gasteiger partial charge in [0.25, 0.3) is 5.89 Å². The van der Waals surface area contributed by atoms with Crippen LogP contribution in [-0.4, -0.2) is 25.1 Å². The highest BCUT2D eigenvalue weighted by Gasteiger charge is 2.20. The lowest BCUT2D eigenvalue weighted by Crippen LogP contribution is -2.02. The molecule has 0 aliphatic heterocycles. The summed E-state index contributed by atoms with van der Waals surface area (Å²) in [5, 5.41) is 12.6. The molecule has 0 bridgehead atoms. The van der Waals surface area contributed by atoms with Crippen molar-refractivity contribution in [3.8, 4) is 28.7 Å². The number of nitrogens with zero attached hydrogens (tertiary/aromatic N) is 5. The summed E-state index contributed by atoms with van der Waals surface area (Å²) in [4.78, 5) is 4.36. The maximum absolute atomic E-state index is 6.19. The molecule has 124 valence electrons. The highest BCUT2D eigenvalue weighted by molar-refractivity contribution is 6.32. The van der Waals surface area contributed by atoms with Gasteiger partial charge in [0.15, 0.2) is 11.5 Å². The van der Waals surface area contributed by atoms with Gasteiger partial charge in [-0.1, -0.05) is 63.9 Å². The van der Waals surface area contributed by atoms with E-state index in [1.165, 1.54) is 4.68 Å². The minimum atomic E-state index is 0.200. The number of hydrogen-bond donors (Lipinski definition) is 1. The van der Waals surface area contributed by atoms with Crippen LogP contribution in [0.25, 0.3) is 28.7 Å². The molecule has 8 heteroatoms. The molecule has 0 aliphatic carbocycles. The van der Waals surface area contributed by atoms with E-state index in [4.69, 9.17) is 21.9 Å². The number of aromatic nitrogens is 5. The van der Waals surface area contributed by atoms with Crippen molar-refractivity contribution in [2.75, 3.05) is 5.73 Å². The fourth-order valence-corrected chi connectivity index (χ4v) is 2.60. The van der Waals surface area contributed by atoms with Gasteiger partial charge in [0.2, 0.25) is 5.82 Å². The highest BCUT2D eigenvalue weighted by atomic mass is 35.5. The van der Waals surface area contributed by atoms with Gasteiger partial charge >= 0.3 is 0 Å². The molecule has 0 saturated carbocycles. The van der Waals surface area contributed by atoms with Crippen LogP contribution in [0.3, 0.4) is 0 Å². The SMILES string of the molecule is Cc1ccc(-c2noc(-c3nnn(-c4ccccc4Cl)c3N)n2)cc1. The quantitative estimate of drug-likeness (QED) is 0.606. The Bertz CT molecular complexity index is 1040. The van der Waals surface area contributed by atoms with Crippen LogP contribution in [-0.2, 0) is 0 Å². The first-order valence-corrected chi connectivity index (χ1v) is 7.88. The van der Waals surface area contributed by atoms with E-state index < -0.39 is 0 Å². The van der Waals surface area contributed by atoms with Crippen molar-refractivity contribution >= 4 is 17.4 Å². The zero-order chi connectivity index (χ0) is 17.4. The molecule has 25 heavy (non-hydrogen) atoms. The molecule has 0 saturated heterocycles. The number of aryl methyl sites for hydroxylation is 1. The second-order valence-corrected chi connectivity index (χ2v) is 5.88. The Labute approximate surface area is 148 Å². The van der Waals surface area contributed by atoms with E-state index >= 15 is 0 Å². The van der Waals surface area contributed by atoms with Crippen molar-refractivity contribution in [3.63, 3.8) is 0 Å². The monoisotopic (exact) mass is 352 g/mol. The van der Waals surface area contributed by atoms with E-state index in [2.05, 4.69) is 20.5 Å². The molecular formula is C17H13ClN6O. The number of rotatable bonds is 3. The second kappa shape index (κ2) is 6.03. The number of halogens is 1. The predicted molar refractivity (Wildman–Crippen MR) is 94.2 cm³/mol. The van der Waals surface area contributed by atoms with Crippen LogP contribution in [0.5, 0.6) is 0 Å². The predicted octanol–water partition coefficient (Wildman–Crippen LogP) is 3.53. The lowest BCUT2D eigenvalue weighted by molar-refractivity contribution is 0.431. The van der Waals surface area contributed by atoms with Crippen molar-refractivity contribution in [2.45, 2.75) is 6.92 Å². The van der Waals surface area contributed by atoms with E-state index in [0.29, 0.717) is 22.2 Å². The van der Waals surface area contributed by atoms with Gasteiger partial charge in [-0.2, -0.15) is 9.67 Å². The van der Waals surface area contributed by atoms with Crippen molar-refractivity contribution in [1.29, 1.82) is 0 Å². The fraction of sp³-hybridized carbons (Fsp3) is 0.0588. The zero-order valence-corrected chi connectivity index (χ0v) is 14.0. The van der Waals surface area contributed by atoms with E-state index in [1.807, 2.05) is 43.3 Å². The van der Waals surface area contributed by atoms with Gasteiger partial charge in [-0.25, -0.2) is 0 Å². The van der Waals surface area contributed by atoms with Crippen LogP contribution < -0.4 is 5.73 Å². The second-order valence-electron chi connectivity index (χ2n) is 5.48. The van der Waals surface area contributed by atoms with Gasteiger partial charge in [-0.15, -0.1) is 5.10 Å². The van der Waals surface area contributed by atoms with E-state index in [0.717, 1.165) is 11.1 Å². The van der Waals surface area contributed by atoms with Crippen LogP contribution in [0.2, 0.25) is 5.02 Å². The Morgan fingerprint density at radius 2 is 1.84 bits per heavy atom. The Morgan fingerprint density at radius 1 is 1.08 bits per heavy atom. The molecule has 4 aromatic rings. The minimum Gasteiger partial charge on any atom is -0.382 e. The number of para-hydroxylation sites is 1. The molecule has 2 N–H and O–H groups in total. The molecule has 0 amide bonds. The molecule has 0 spiro atoms. The van der Waals surface area contributed by atoms with Crippen molar-refractivity contribution < 1.29 is 4.52 Å². The van der Waals surface area contributed by atoms with Gasteiger partial charge in [0.05, 0.1) is 10.7 Å². The third kappa shape index (κ3) is 2.74. The summed E-state index contributed by atoms with van der Waals surface area (Å²) >= 11 is 6.19. The maximum atomic E-state index is 6.19. The number of benzene rings is 2. The number of nitrogens with two attached hydrogens (primary N) is 1. The topological polar surface area (TPSA) is 95.7 Å². The highest BCUT2D eigenvalue weighted by Crippen LogP contribution is 2.28. The summed E-state index contributed by atoms with van der Waals surface area (Å²) in [6, 6.07) is 15.0. The first-order chi connectivity index (χ1) is 12.1. The molecule has 4 rings (SSSR count). The lowest BCUT2D eigenvalue weighted by Gasteiger charge is -2.04. The Morgan fingerprint density at radius 3 is 2.60 bits per heavy atom. The zero-order valence-electron chi connectivity index (χ0n) is 13.2. The summed E-state index contributed by atoms with van der Waals surface area (Å²) in [7, 11) is 0. The normalized spacial score (nSPS) is 11.0. The van der Waals surface area contributed by atoms with Gasteiger partial charge in [0.1, 0.15) is 0 Å². The van der Waals surface area contributed by atoms with E-state index in [9.17, 15) is 0 Å². The summed E-state index contributed by atoms with van der Waals surface area (Å²) < 4.78 is 6.74. The molecule has 0 unspecified atom stereocenters. The van der Waals surface area contributed by atoms with Gasteiger partial charge in [0, 0.05) is 5.56 Å². The average molecular weight is 353 g/mol. The molecule has 0 radical (unpaired) electrons.